The third-order valence-corrected chi connectivity index (χ3v) is 5.63. The Morgan fingerprint density at radius 3 is 2.40 bits per heavy atom. The van der Waals surface area contributed by atoms with Crippen molar-refractivity contribution in [1.82, 2.24) is 5.32 Å². The van der Waals surface area contributed by atoms with Crippen LogP contribution in [0.25, 0.3) is 10.8 Å². The first-order valence-electron chi connectivity index (χ1n) is 7.62. The molecule has 2 aliphatic carbocycles. The topological polar surface area (TPSA) is 12.0 Å². The molecule has 4 rings (SSSR count). The van der Waals surface area contributed by atoms with E-state index in [1.807, 2.05) is 0 Å². The van der Waals surface area contributed by atoms with Crippen molar-refractivity contribution in [2.45, 2.75) is 25.3 Å². The second-order valence-electron chi connectivity index (χ2n) is 6.44. The Hall–Kier alpha value is -1.05. The van der Waals surface area contributed by atoms with Crippen molar-refractivity contribution in [2.24, 2.45) is 17.8 Å². The summed E-state index contributed by atoms with van der Waals surface area (Å²) in [5.41, 5.74) is 1.42. The van der Waals surface area contributed by atoms with E-state index in [0.29, 0.717) is 6.04 Å². The lowest BCUT2D eigenvalue weighted by atomic mass is 9.87. The summed E-state index contributed by atoms with van der Waals surface area (Å²) in [6, 6.07) is 13.2. The molecule has 2 fully saturated rings. The highest BCUT2D eigenvalue weighted by molar-refractivity contribution is 6.35. The molecule has 0 aliphatic heterocycles. The molecule has 104 valence electrons. The van der Waals surface area contributed by atoms with Crippen LogP contribution in [0.5, 0.6) is 0 Å². The molecule has 0 spiro atoms. The molecule has 1 N–H and O–H groups in total. The van der Waals surface area contributed by atoms with Crippen molar-refractivity contribution in [3.8, 4) is 0 Å². The normalized spacial score (nSPS) is 29.4. The van der Waals surface area contributed by atoms with Gasteiger partial charge in [-0.2, -0.15) is 0 Å². The minimum Gasteiger partial charge on any atom is -0.313 e. The third kappa shape index (κ3) is 1.96. The summed E-state index contributed by atoms with van der Waals surface area (Å²) >= 11 is 6.35. The van der Waals surface area contributed by atoms with Crippen LogP contribution in [0.3, 0.4) is 0 Å². The van der Waals surface area contributed by atoms with Crippen molar-refractivity contribution in [3.63, 3.8) is 0 Å². The van der Waals surface area contributed by atoms with Crippen LogP contribution in [0.15, 0.2) is 36.4 Å². The fraction of sp³-hybridized carbons (Fsp3) is 0.444. The highest BCUT2D eigenvalue weighted by atomic mass is 35.5. The molecule has 0 heterocycles. The smallest absolute Gasteiger partial charge is 0.0484 e. The monoisotopic (exact) mass is 285 g/mol. The van der Waals surface area contributed by atoms with E-state index in [1.54, 1.807) is 0 Å². The van der Waals surface area contributed by atoms with Crippen LogP contribution in [0, 0.1) is 17.8 Å². The van der Waals surface area contributed by atoms with Gasteiger partial charge in [0.25, 0.3) is 0 Å². The second kappa shape index (κ2) is 4.75. The van der Waals surface area contributed by atoms with E-state index in [4.69, 9.17) is 11.6 Å². The van der Waals surface area contributed by atoms with Crippen molar-refractivity contribution in [1.29, 1.82) is 0 Å². The number of hydrogen-bond donors (Lipinski definition) is 1. The maximum Gasteiger partial charge on any atom is 0.0484 e. The first kappa shape index (κ1) is 12.7. The lowest BCUT2D eigenvalue weighted by molar-refractivity contribution is 0.361. The lowest BCUT2D eigenvalue weighted by Crippen LogP contribution is -2.24. The summed E-state index contributed by atoms with van der Waals surface area (Å²) in [6.07, 6.45) is 4.27. The Morgan fingerprint density at radius 2 is 1.70 bits per heavy atom. The predicted molar refractivity (Wildman–Crippen MR) is 85.1 cm³/mol. The van der Waals surface area contributed by atoms with Gasteiger partial charge in [-0.05, 0) is 61.1 Å². The molecule has 2 aromatic rings. The van der Waals surface area contributed by atoms with E-state index in [9.17, 15) is 0 Å². The van der Waals surface area contributed by atoms with Crippen LogP contribution in [0.2, 0.25) is 5.02 Å². The van der Waals surface area contributed by atoms with Gasteiger partial charge < -0.3 is 5.32 Å². The summed E-state index contributed by atoms with van der Waals surface area (Å²) in [6.45, 7) is 0. The first-order valence-corrected chi connectivity index (χ1v) is 8.00. The van der Waals surface area contributed by atoms with Gasteiger partial charge in [0.05, 0.1) is 0 Å². The van der Waals surface area contributed by atoms with Gasteiger partial charge in [0.2, 0.25) is 0 Å². The molecule has 1 nitrogen and oxygen atoms in total. The number of nitrogens with one attached hydrogen (secondary N) is 1. The molecule has 3 atom stereocenters. The van der Waals surface area contributed by atoms with E-state index in [2.05, 4.69) is 48.8 Å². The van der Waals surface area contributed by atoms with Crippen LogP contribution >= 0.6 is 11.6 Å². The van der Waals surface area contributed by atoms with Gasteiger partial charge in [-0.15, -0.1) is 0 Å². The van der Waals surface area contributed by atoms with E-state index >= 15 is 0 Å². The molecule has 2 aliphatic rings. The Bertz CT molecular complexity index is 641. The van der Waals surface area contributed by atoms with Crippen LogP contribution in [0.4, 0.5) is 0 Å². The lowest BCUT2D eigenvalue weighted by Gasteiger charge is -2.26. The molecule has 2 aromatic carbocycles. The molecule has 0 amide bonds. The predicted octanol–water partition coefficient (Wildman–Crippen LogP) is 4.80. The zero-order valence-electron chi connectivity index (χ0n) is 11.8. The molecule has 2 heteroatoms. The molecule has 0 saturated heterocycles. The van der Waals surface area contributed by atoms with Gasteiger partial charge in [0.15, 0.2) is 0 Å². The minimum absolute atomic E-state index is 0.463. The van der Waals surface area contributed by atoms with Crippen LogP contribution < -0.4 is 5.32 Å². The van der Waals surface area contributed by atoms with Gasteiger partial charge in [0.1, 0.15) is 0 Å². The standard InChI is InChI=1S/C18H20ClN/c1-20-18(13-9-11-8-12(11)10-13)16-6-7-17(19)15-5-3-2-4-14(15)16/h2-7,11-13,18,20H,8-10H2,1H3. The number of halogens is 1. The average Bonchev–Trinajstić information content (AvgIpc) is 3.09. The second-order valence-corrected chi connectivity index (χ2v) is 6.84. The van der Waals surface area contributed by atoms with Gasteiger partial charge in [-0.1, -0.05) is 41.9 Å². The maximum absolute atomic E-state index is 6.35. The fourth-order valence-electron chi connectivity index (χ4n) is 4.24. The summed E-state index contributed by atoms with van der Waals surface area (Å²) in [5, 5.41) is 6.91. The molecule has 0 aromatic heterocycles. The maximum atomic E-state index is 6.35. The number of benzene rings is 2. The quantitative estimate of drug-likeness (QED) is 0.854. The molecular weight excluding hydrogens is 266 g/mol. The third-order valence-electron chi connectivity index (χ3n) is 5.30. The van der Waals surface area contributed by atoms with E-state index in [1.165, 1.54) is 35.6 Å². The Morgan fingerprint density at radius 1 is 1.00 bits per heavy atom. The largest absolute Gasteiger partial charge is 0.313 e. The van der Waals surface area contributed by atoms with Crippen molar-refractivity contribution in [2.75, 3.05) is 7.05 Å². The molecule has 3 unspecified atom stereocenters. The molecule has 0 bridgehead atoms. The van der Waals surface area contributed by atoms with E-state index < -0.39 is 0 Å². The van der Waals surface area contributed by atoms with Crippen molar-refractivity contribution < 1.29 is 0 Å². The van der Waals surface area contributed by atoms with Crippen molar-refractivity contribution in [3.05, 3.63) is 47.0 Å². The molecule has 0 radical (unpaired) electrons. The SMILES string of the molecule is CNC(c1ccc(Cl)c2ccccc12)C1CC2CC2C1. The zero-order valence-corrected chi connectivity index (χ0v) is 12.5. The van der Waals surface area contributed by atoms with E-state index in [-0.39, 0.29) is 0 Å². The highest BCUT2D eigenvalue weighted by Crippen LogP contribution is 2.57. The van der Waals surface area contributed by atoms with Crippen LogP contribution in [-0.4, -0.2) is 7.05 Å². The average molecular weight is 286 g/mol. The van der Waals surface area contributed by atoms with E-state index in [0.717, 1.165) is 22.8 Å². The van der Waals surface area contributed by atoms with Crippen LogP contribution in [-0.2, 0) is 0 Å². The summed E-state index contributed by atoms with van der Waals surface area (Å²) in [7, 11) is 2.10. The Labute approximate surface area is 125 Å². The summed E-state index contributed by atoms with van der Waals surface area (Å²) in [5.74, 6) is 2.83. The fourth-order valence-corrected chi connectivity index (χ4v) is 4.46. The molecule has 20 heavy (non-hydrogen) atoms. The van der Waals surface area contributed by atoms with Gasteiger partial charge in [-0.25, -0.2) is 0 Å². The number of fused-ring (bicyclic) bond motifs is 2. The van der Waals surface area contributed by atoms with Crippen LogP contribution in [0.1, 0.15) is 30.9 Å². The number of hydrogen-bond acceptors (Lipinski definition) is 1. The van der Waals surface area contributed by atoms with Gasteiger partial charge in [0, 0.05) is 16.5 Å². The zero-order chi connectivity index (χ0) is 13.7. The highest BCUT2D eigenvalue weighted by Gasteiger charge is 2.47. The minimum atomic E-state index is 0.463. The summed E-state index contributed by atoms with van der Waals surface area (Å²) < 4.78 is 0. The summed E-state index contributed by atoms with van der Waals surface area (Å²) in [4.78, 5) is 0. The van der Waals surface area contributed by atoms with Gasteiger partial charge >= 0.3 is 0 Å². The first-order chi connectivity index (χ1) is 9.78. The Kier molecular flexibility index (Phi) is 3.01. The molecule has 2 saturated carbocycles. The molecular formula is C18H20ClN. The number of rotatable bonds is 3. The van der Waals surface area contributed by atoms with Gasteiger partial charge in [-0.3, -0.25) is 0 Å². The van der Waals surface area contributed by atoms with Crippen molar-refractivity contribution >= 4 is 22.4 Å². The Balaban J connectivity index is 1.78.